The second-order valence-electron chi connectivity index (χ2n) is 5.35. The van der Waals surface area contributed by atoms with Crippen molar-refractivity contribution < 1.29 is 9.90 Å². The normalized spacial score (nSPS) is 20.3. The maximum atomic E-state index is 10.7. The van der Waals surface area contributed by atoms with E-state index >= 15 is 0 Å². The van der Waals surface area contributed by atoms with Gasteiger partial charge in [0.2, 0.25) is 0 Å². The van der Waals surface area contributed by atoms with Gasteiger partial charge in [-0.25, -0.2) is 4.79 Å². The van der Waals surface area contributed by atoms with E-state index in [0.717, 1.165) is 25.6 Å². The van der Waals surface area contributed by atoms with Gasteiger partial charge in [-0.3, -0.25) is 4.68 Å². The summed E-state index contributed by atoms with van der Waals surface area (Å²) in [5.41, 5.74) is 0.0000655. The summed E-state index contributed by atoms with van der Waals surface area (Å²) in [5, 5.41) is 16.2. The molecule has 1 fully saturated rings. The van der Waals surface area contributed by atoms with Crippen molar-refractivity contribution in [2.75, 3.05) is 40.3 Å². The molecule has 1 unspecified atom stereocenters. The summed E-state index contributed by atoms with van der Waals surface area (Å²) in [6.45, 7) is 4.94. The molecule has 2 heterocycles. The molecule has 1 atom stereocenters. The molecule has 0 amide bonds. The molecule has 0 aliphatic carbocycles. The van der Waals surface area contributed by atoms with Gasteiger partial charge in [-0.15, -0.1) is 5.10 Å². The fourth-order valence-corrected chi connectivity index (χ4v) is 2.49. The second-order valence-corrected chi connectivity index (χ2v) is 5.35. The zero-order valence-electron chi connectivity index (χ0n) is 11.5. The van der Waals surface area contributed by atoms with E-state index in [0.29, 0.717) is 6.54 Å². The molecule has 106 valence electrons. The van der Waals surface area contributed by atoms with Crippen molar-refractivity contribution >= 4 is 5.97 Å². The molecule has 7 nitrogen and oxygen atoms in total. The Balaban J connectivity index is 1.73. The number of nitrogens with zero attached hydrogens (tertiary/aromatic N) is 5. The van der Waals surface area contributed by atoms with Crippen LogP contribution in [0.25, 0.3) is 0 Å². The predicted molar refractivity (Wildman–Crippen MR) is 70.1 cm³/mol. The van der Waals surface area contributed by atoms with Crippen molar-refractivity contribution in [1.82, 2.24) is 24.8 Å². The Morgan fingerprint density at radius 1 is 1.63 bits per heavy atom. The summed E-state index contributed by atoms with van der Waals surface area (Å²) in [7, 11) is 4.25. The van der Waals surface area contributed by atoms with Gasteiger partial charge < -0.3 is 14.9 Å². The quantitative estimate of drug-likeness (QED) is 0.773. The molecule has 0 bridgehead atoms. The van der Waals surface area contributed by atoms with E-state index < -0.39 is 5.97 Å². The maximum absolute atomic E-state index is 10.7. The Hall–Kier alpha value is -1.47. The van der Waals surface area contributed by atoms with Crippen LogP contribution < -0.4 is 0 Å². The highest BCUT2D eigenvalue weighted by Gasteiger charge is 2.20. The van der Waals surface area contributed by atoms with Crippen LogP contribution in [0.5, 0.6) is 0 Å². The number of aromatic nitrogens is 3. The first-order valence-electron chi connectivity index (χ1n) is 6.55. The number of likely N-dealkylation sites (tertiary alicyclic amines) is 1. The number of carbonyl (C=O) groups is 1. The van der Waals surface area contributed by atoms with E-state index in [1.807, 2.05) is 0 Å². The first-order chi connectivity index (χ1) is 9.04. The van der Waals surface area contributed by atoms with E-state index in [1.54, 1.807) is 4.68 Å². The van der Waals surface area contributed by atoms with Crippen LogP contribution in [0.2, 0.25) is 0 Å². The number of carboxylic acid groups (broad SMARTS) is 1. The average molecular weight is 267 g/mol. The van der Waals surface area contributed by atoms with Crippen LogP contribution in [0.1, 0.15) is 16.9 Å². The van der Waals surface area contributed by atoms with Gasteiger partial charge in [0.05, 0.1) is 12.7 Å². The molecule has 0 radical (unpaired) electrons. The van der Waals surface area contributed by atoms with Gasteiger partial charge in [0.1, 0.15) is 0 Å². The van der Waals surface area contributed by atoms with Gasteiger partial charge in [-0.2, -0.15) is 0 Å². The third kappa shape index (κ3) is 4.00. The van der Waals surface area contributed by atoms with E-state index in [4.69, 9.17) is 5.11 Å². The second kappa shape index (κ2) is 6.12. The zero-order chi connectivity index (χ0) is 13.8. The summed E-state index contributed by atoms with van der Waals surface area (Å²) >= 11 is 0. The van der Waals surface area contributed by atoms with Crippen molar-refractivity contribution in [3.8, 4) is 0 Å². The van der Waals surface area contributed by atoms with Gasteiger partial charge in [0.15, 0.2) is 5.69 Å². The third-order valence-corrected chi connectivity index (χ3v) is 3.53. The van der Waals surface area contributed by atoms with Crippen molar-refractivity contribution in [3.05, 3.63) is 11.9 Å². The van der Waals surface area contributed by atoms with E-state index in [2.05, 4.69) is 34.2 Å². The van der Waals surface area contributed by atoms with Gasteiger partial charge in [0.25, 0.3) is 0 Å². The number of carboxylic acids is 1. The largest absolute Gasteiger partial charge is 0.476 e. The van der Waals surface area contributed by atoms with Crippen LogP contribution in [0.15, 0.2) is 6.20 Å². The van der Waals surface area contributed by atoms with Crippen molar-refractivity contribution in [2.45, 2.75) is 13.0 Å². The number of rotatable bonds is 6. The van der Waals surface area contributed by atoms with Crippen LogP contribution >= 0.6 is 0 Å². The molecule has 0 aromatic carbocycles. The van der Waals surface area contributed by atoms with E-state index in [9.17, 15) is 4.79 Å². The molecule has 1 aliphatic heterocycles. The molecular weight excluding hydrogens is 246 g/mol. The minimum atomic E-state index is -1.03. The lowest BCUT2D eigenvalue weighted by Crippen LogP contribution is -2.30. The number of aromatic carboxylic acids is 1. The molecule has 0 spiro atoms. The van der Waals surface area contributed by atoms with Crippen LogP contribution in [-0.2, 0) is 6.54 Å². The molecule has 19 heavy (non-hydrogen) atoms. The Bertz CT molecular complexity index is 434. The minimum absolute atomic E-state index is 0.0000655. The molecule has 1 aliphatic rings. The maximum Gasteiger partial charge on any atom is 0.358 e. The lowest BCUT2D eigenvalue weighted by molar-refractivity contribution is 0.0690. The summed E-state index contributed by atoms with van der Waals surface area (Å²) in [6, 6.07) is 0. The number of hydrogen-bond donors (Lipinski definition) is 1. The highest BCUT2D eigenvalue weighted by molar-refractivity contribution is 5.84. The molecule has 1 N–H and O–H groups in total. The van der Waals surface area contributed by atoms with Gasteiger partial charge in [-0.05, 0) is 33.0 Å². The SMILES string of the molecule is CN1CCC(CN(C)CCn2cc(C(=O)O)nn2)C1. The summed E-state index contributed by atoms with van der Waals surface area (Å²) < 4.78 is 1.58. The van der Waals surface area contributed by atoms with Gasteiger partial charge in [-0.1, -0.05) is 5.21 Å². The van der Waals surface area contributed by atoms with Gasteiger partial charge in [0, 0.05) is 19.6 Å². The highest BCUT2D eigenvalue weighted by Crippen LogP contribution is 2.14. The van der Waals surface area contributed by atoms with Crippen molar-refractivity contribution in [1.29, 1.82) is 0 Å². The summed E-state index contributed by atoms with van der Waals surface area (Å²) in [6.07, 6.45) is 2.73. The fourth-order valence-electron chi connectivity index (χ4n) is 2.49. The van der Waals surface area contributed by atoms with Crippen LogP contribution in [0, 0.1) is 5.92 Å². The molecule has 7 heteroatoms. The Kier molecular flexibility index (Phi) is 4.49. The molecule has 1 aromatic rings. The lowest BCUT2D eigenvalue weighted by atomic mass is 10.1. The molecule has 1 saturated heterocycles. The molecular formula is C12H21N5O2. The van der Waals surface area contributed by atoms with Crippen LogP contribution in [0.3, 0.4) is 0 Å². The van der Waals surface area contributed by atoms with Crippen LogP contribution in [0.4, 0.5) is 0 Å². The summed E-state index contributed by atoms with van der Waals surface area (Å²) in [4.78, 5) is 15.3. The lowest BCUT2D eigenvalue weighted by Gasteiger charge is -2.20. The first kappa shape index (κ1) is 14.0. The van der Waals surface area contributed by atoms with E-state index in [1.165, 1.54) is 19.2 Å². The Morgan fingerprint density at radius 3 is 3.00 bits per heavy atom. The third-order valence-electron chi connectivity index (χ3n) is 3.53. The summed E-state index contributed by atoms with van der Waals surface area (Å²) in [5.74, 6) is -0.297. The molecule has 2 rings (SSSR count). The zero-order valence-corrected chi connectivity index (χ0v) is 11.5. The van der Waals surface area contributed by atoms with Crippen molar-refractivity contribution in [2.24, 2.45) is 5.92 Å². The standard InChI is InChI=1S/C12H21N5O2/c1-15-4-3-10(7-15)8-16(2)5-6-17-9-11(12(18)19)13-14-17/h9-10H,3-8H2,1-2H3,(H,18,19). The highest BCUT2D eigenvalue weighted by atomic mass is 16.4. The molecule has 1 aromatic heterocycles. The Morgan fingerprint density at radius 2 is 2.42 bits per heavy atom. The predicted octanol–water partition coefficient (Wildman–Crippen LogP) is -0.140. The number of likely N-dealkylation sites (N-methyl/N-ethyl adjacent to an activating group) is 1. The minimum Gasteiger partial charge on any atom is -0.476 e. The topological polar surface area (TPSA) is 74.5 Å². The average Bonchev–Trinajstić information content (AvgIpc) is 2.96. The van der Waals surface area contributed by atoms with E-state index in [-0.39, 0.29) is 5.69 Å². The monoisotopic (exact) mass is 267 g/mol. The Labute approximate surface area is 112 Å². The number of hydrogen-bond acceptors (Lipinski definition) is 5. The van der Waals surface area contributed by atoms with Gasteiger partial charge >= 0.3 is 5.97 Å². The smallest absolute Gasteiger partial charge is 0.358 e. The van der Waals surface area contributed by atoms with Crippen molar-refractivity contribution in [3.63, 3.8) is 0 Å². The fraction of sp³-hybridized carbons (Fsp3) is 0.750. The molecule has 0 saturated carbocycles. The van der Waals surface area contributed by atoms with Crippen LogP contribution in [-0.4, -0.2) is 76.1 Å². The first-order valence-corrected chi connectivity index (χ1v) is 6.55.